The summed E-state index contributed by atoms with van der Waals surface area (Å²) in [7, 11) is 0. The summed E-state index contributed by atoms with van der Waals surface area (Å²) < 4.78 is 1.94. The monoisotopic (exact) mass is 270 g/mol. The van der Waals surface area contributed by atoms with Gasteiger partial charge in [0.25, 0.3) is 0 Å². The van der Waals surface area contributed by atoms with E-state index in [0.29, 0.717) is 12.1 Å². The molecule has 20 heavy (non-hydrogen) atoms. The lowest BCUT2D eigenvalue weighted by molar-refractivity contribution is 0.409. The van der Waals surface area contributed by atoms with Crippen molar-refractivity contribution in [2.75, 3.05) is 5.32 Å². The Kier molecular flexibility index (Phi) is 4.02. The molecule has 0 radical (unpaired) electrons. The molecule has 1 aliphatic rings. The fourth-order valence-electron chi connectivity index (χ4n) is 2.93. The Morgan fingerprint density at radius 3 is 3.05 bits per heavy atom. The molecule has 0 amide bonds. The van der Waals surface area contributed by atoms with E-state index >= 15 is 0 Å². The Morgan fingerprint density at radius 1 is 1.30 bits per heavy atom. The van der Waals surface area contributed by atoms with Crippen molar-refractivity contribution < 1.29 is 0 Å². The fraction of sp³-hybridized carbons (Fsp3) is 0.438. The lowest BCUT2D eigenvalue weighted by Gasteiger charge is -2.28. The zero-order chi connectivity index (χ0) is 13.8. The molecular formula is C16H22N4. The predicted octanol–water partition coefficient (Wildman–Crippen LogP) is 2.61. The minimum atomic E-state index is 0.355. The molecule has 0 saturated heterocycles. The van der Waals surface area contributed by atoms with Crippen molar-refractivity contribution >= 4 is 5.69 Å². The first-order valence-electron chi connectivity index (χ1n) is 7.38. The number of nitrogens with one attached hydrogen (secondary N) is 1. The van der Waals surface area contributed by atoms with Gasteiger partial charge in [0.15, 0.2) is 0 Å². The average Bonchev–Trinajstić information content (AvgIpc) is 2.92. The van der Waals surface area contributed by atoms with Crippen molar-refractivity contribution in [1.29, 1.82) is 0 Å². The van der Waals surface area contributed by atoms with Crippen LogP contribution in [0.15, 0.2) is 42.7 Å². The maximum atomic E-state index is 6.05. The third kappa shape index (κ3) is 3.39. The molecule has 1 aromatic heterocycles. The highest BCUT2D eigenvalue weighted by Crippen LogP contribution is 2.21. The van der Waals surface area contributed by atoms with Gasteiger partial charge in [0.1, 0.15) is 0 Å². The highest BCUT2D eigenvalue weighted by molar-refractivity contribution is 5.46. The molecular weight excluding hydrogens is 248 g/mol. The molecule has 3 N–H and O–H groups in total. The third-order valence-electron chi connectivity index (χ3n) is 3.92. The average molecular weight is 270 g/mol. The number of aromatic nitrogens is 2. The fourth-order valence-corrected chi connectivity index (χ4v) is 2.93. The minimum absolute atomic E-state index is 0.355. The summed E-state index contributed by atoms with van der Waals surface area (Å²) >= 11 is 0. The predicted molar refractivity (Wildman–Crippen MR) is 81.6 cm³/mol. The van der Waals surface area contributed by atoms with Gasteiger partial charge in [-0.25, -0.2) is 0 Å². The van der Waals surface area contributed by atoms with Crippen LogP contribution in [0.3, 0.4) is 0 Å². The number of nitrogens with zero attached hydrogens (tertiary/aromatic N) is 2. The number of nitrogens with two attached hydrogens (primary N) is 1. The number of rotatable bonds is 4. The zero-order valence-electron chi connectivity index (χ0n) is 11.7. The van der Waals surface area contributed by atoms with E-state index in [2.05, 4.69) is 34.7 Å². The summed E-state index contributed by atoms with van der Waals surface area (Å²) in [6.45, 7) is 0.812. The number of anilines is 1. The lowest BCUT2D eigenvalue weighted by atomic mass is 9.91. The van der Waals surface area contributed by atoms with Crippen LogP contribution >= 0.6 is 0 Å². The van der Waals surface area contributed by atoms with E-state index in [0.717, 1.165) is 19.4 Å². The first kappa shape index (κ1) is 13.2. The highest BCUT2D eigenvalue weighted by atomic mass is 15.3. The highest BCUT2D eigenvalue weighted by Gasteiger charge is 2.18. The maximum Gasteiger partial charge on any atom is 0.0660 e. The van der Waals surface area contributed by atoms with Crippen LogP contribution in [-0.4, -0.2) is 21.9 Å². The Hall–Kier alpha value is -1.81. The van der Waals surface area contributed by atoms with Gasteiger partial charge in [-0.1, -0.05) is 12.1 Å². The molecule has 106 valence electrons. The molecule has 4 nitrogen and oxygen atoms in total. The Labute approximate surface area is 120 Å². The van der Waals surface area contributed by atoms with E-state index in [4.69, 9.17) is 5.73 Å². The Morgan fingerprint density at radius 2 is 2.25 bits per heavy atom. The van der Waals surface area contributed by atoms with Crippen molar-refractivity contribution in [3.63, 3.8) is 0 Å². The van der Waals surface area contributed by atoms with Gasteiger partial charge in [0, 0.05) is 30.2 Å². The van der Waals surface area contributed by atoms with Gasteiger partial charge in [-0.3, -0.25) is 4.68 Å². The van der Waals surface area contributed by atoms with E-state index in [9.17, 15) is 0 Å². The molecule has 4 heteroatoms. The van der Waals surface area contributed by atoms with E-state index in [-0.39, 0.29) is 0 Å². The normalized spacial score (nSPS) is 22.6. The standard InChI is InChI=1S/C16H22N4/c17-14-5-2-7-16(11-14)19-15-6-1-4-13(10-15)12-20-9-3-8-18-20/h1,3-4,6,8-10,14,16,19H,2,5,7,11-12,17H2. The Bertz CT molecular complexity index is 535. The van der Waals surface area contributed by atoms with Crippen LogP contribution in [-0.2, 0) is 6.54 Å². The first-order valence-corrected chi connectivity index (χ1v) is 7.38. The van der Waals surface area contributed by atoms with Crippen LogP contribution in [0.25, 0.3) is 0 Å². The topological polar surface area (TPSA) is 55.9 Å². The second-order valence-electron chi connectivity index (χ2n) is 5.67. The van der Waals surface area contributed by atoms with E-state index < -0.39 is 0 Å². The summed E-state index contributed by atoms with van der Waals surface area (Å²) in [5.74, 6) is 0. The van der Waals surface area contributed by atoms with Gasteiger partial charge < -0.3 is 11.1 Å². The van der Waals surface area contributed by atoms with Crippen molar-refractivity contribution in [3.8, 4) is 0 Å². The SMILES string of the molecule is NC1CCCC(Nc2cccc(Cn3cccn3)c2)C1. The minimum Gasteiger partial charge on any atom is -0.382 e. The summed E-state index contributed by atoms with van der Waals surface area (Å²) in [5.41, 5.74) is 8.50. The summed E-state index contributed by atoms with van der Waals surface area (Å²) in [4.78, 5) is 0. The summed E-state index contributed by atoms with van der Waals surface area (Å²) in [6, 6.07) is 11.4. The summed E-state index contributed by atoms with van der Waals surface area (Å²) in [5, 5.41) is 7.87. The van der Waals surface area contributed by atoms with Crippen LogP contribution in [0.5, 0.6) is 0 Å². The number of hydrogen-bond acceptors (Lipinski definition) is 3. The molecule has 2 atom stereocenters. The van der Waals surface area contributed by atoms with Crippen LogP contribution in [0.2, 0.25) is 0 Å². The molecule has 0 aliphatic heterocycles. The van der Waals surface area contributed by atoms with Crippen LogP contribution in [0.4, 0.5) is 5.69 Å². The second-order valence-corrected chi connectivity index (χ2v) is 5.67. The van der Waals surface area contributed by atoms with E-state index in [1.165, 1.54) is 24.1 Å². The summed E-state index contributed by atoms with van der Waals surface area (Å²) in [6.07, 6.45) is 8.48. The third-order valence-corrected chi connectivity index (χ3v) is 3.92. The van der Waals surface area contributed by atoms with Crippen molar-refractivity contribution in [3.05, 3.63) is 48.3 Å². The van der Waals surface area contributed by atoms with Crippen LogP contribution in [0, 0.1) is 0 Å². The van der Waals surface area contributed by atoms with Crippen molar-refractivity contribution in [2.24, 2.45) is 5.73 Å². The lowest BCUT2D eigenvalue weighted by Crippen LogP contribution is -2.34. The molecule has 0 bridgehead atoms. The molecule has 2 unspecified atom stereocenters. The Balaban J connectivity index is 1.65. The second kappa shape index (κ2) is 6.09. The molecule has 1 fully saturated rings. The van der Waals surface area contributed by atoms with Gasteiger partial charge in [-0.05, 0) is 49.4 Å². The zero-order valence-corrected chi connectivity index (χ0v) is 11.7. The molecule has 1 aliphatic carbocycles. The molecule has 1 saturated carbocycles. The van der Waals surface area contributed by atoms with Gasteiger partial charge in [0.05, 0.1) is 6.54 Å². The molecule has 1 aromatic carbocycles. The quantitative estimate of drug-likeness (QED) is 0.898. The van der Waals surface area contributed by atoms with Crippen molar-refractivity contribution in [2.45, 2.75) is 44.3 Å². The molecule has 2 aromatic rings. The van der Waals surface area contributed by atoms with Crippen LogP contribution < -0.4 is 11.1 Å². The smallest absolute Gasteiger partial charge is 0.0660 e. The van der Waals surface area contributed by atoms with Gasteiger partial charge in [-0.15, -0.1) is 0 Å². The van der Waals surface area contributed by atoms with Gasteiger partial charge in [-0.2, -0.15) is 5.10 Å². The molecule has 0 spiro atoms. The van der Waals surface area contributed by atoms with Gasteiger partial charge >= 0.3 is 0 Å². The van der Waals surface area contributed by atoms with Crippen LogP contribution in [0.1, 0.15) is 31.2 Å². The maximum absolute atomic E-state index is 6.05. The molecule has 3 rings (SSSR count). The number of hydrogen-bond donors (Lipinski definition) is 2. The number of benzene rings is 1. The molecule has 1 heterocycles. The van der Waals surface area contributed by atoms with Gasteiger partial charge in [0.2, 0.25) is 0 Å². The first-order chi connectivity index (χ1) is 9.79. The van der Waals surface area contributed by atoms with E-state index in [1.54, 1.807) is 0 Å². The van der Waals surface area contributed by atoms with Crippen molar-refractivity contribution in [1.82, 2.24) is 9.78 Å². The van der Waals surface area contributed by atoms with E-state index in [1.807, 2.05) is 23.1 Å². The largest absolute Gasteiger partial charge is 0.382 e.